The number of aliphatic hydroxyl groups is 2. The Kier molecular flexibility index (Phi) is 38.1. The van der Waals surface area contributed by atoms with Gasteiger partial charge in [0.2, 0.25) is 0 Å². The molecule has 0 aromatic heterocycles. The van der Waals surface area contributed by atoms with E-state index in [1.54, 1.807) is 0 Å². The van der Waals surface area contributed by atoms with Crippen molar-refractivity contribution in [3.05, 3.63) is 48.6 Å². The molecular weight excluding hydrogens is 715 g/mol. The summed E-state index contributed by atoms with van der Waals surface area (Å²) in [5.74, 6) is -1.93. The van der Waals surface area contributed by atoms with Crippen LogP contribution in [-0.2, 0) is 23.9 Å². The van der Waals surface area contributed by atoms with Gasteiger partial charge < -0.3 is 30.5 Å². The van der Waals surface area contributed by atoms with Gasteiger partial charge in [-0.3, -0.25) is 14.4 Å². The lowest BCUT2D eigenvalue weighted by Crippen LogP contribution is -2.40. The summed E-state index contributed by atoms with van der Waals surface area (Å²) in [4.78, 5) is 35.9. The molecule has 0 saturated heterocycles. The van der Waals surface area contributed by atoms with Gasteiger partial charge in [-0.2, -0.15) is 0 Å². The molecule has 0 spiro atoms. The molecule has 5 N–H and O–H groups in total. The summed E-state index contributed by atoms with van der Waals surface area (Å²) < 4.78 is 10.6. The molecule has 0 fully saturated rings. The molecule has 0 aliphatic carbocycles. The van der Waals surface area contributed by atoms with Crippen molar-refractivity contribution in [2.45, 2.75) is 198 Å². The van der Waals surface area contributed by atoms with Crippen LogP contribution in [0.4, 0.5) is 0 Å². The Labute approximate surface area is 339 Å². The third kappa shape index (κ3) is 35.7. The normalized spacial score (nSPS) is 14.3. The second-order valence-electron chi connectivity index (χ2n) is 14.6. The van der Waals surface area contributed by atoms with Crippen LogP contribution in [0.15, 0.2) is 48.6 Å². The molecule has 0 aromatic carbocycles. The zero-order chi connectivity index (χ0) is 40.6. The van der Waals surface area contributed by atoms with Gasteiger partial charge in [0.15, 0.2) is 6.10 Å². The van der Waals surface area contributed by atoms with E-state index in [4.69, 9.17) is 20.3 Å². The summed E-state index contributed by atoms with van der Waals surface area (Å²) in [7, 11) is 0. The largest absolute Gasteiger partial charge is 0.481 e. The van der Waals surface area contributed by atoms with E-state index in [2.05, 4.69) is 32.1 Å². The Morgan fingerprint density at radius 3 is 1.84 bits per heavy atom. The fourth-order valence-electron chi connectivity index (χ4n) is 5.92. The zero-order valence-electron chi connectivity index (χ0n) is 34.6. The minimum Gasteiger partial charge on any atom is -0.481 e. The molecule has 0 heterocycles. The average molecular weight is 794 g/mol. The molecule has 9 nitrogen and oxygen atoms in total. The quantitative estimate of drug-likeness (QED) is 0.0204. The summed E-state index contributed by atoms with van der Waals surface area (Å²) in [6, 6.07) is -1.05. The number of hydrogen-bond acceptors (Lipinski definition) is 9. The number of carboxylic acid groups (broad SMARTS) is 1. The molecule has 0 aromatic rings. The van der Waals surface area contributed by atoms with Crippen LogP contribution in [0.3, 0.4) is 0 Å². The Morgan fingerprint density at radius 1 is 0.691 bits per heavy atom. The monoisotopic (exact) mass is 794 g/mol. The summed E-state index contributed by atoms with van der Waals surface area (Å²) in [5.41, 5.74) is 6.11. The van der Waals surface area contributed by atoms with Crippen molar-refractivity contribution >= 4 is 29.7 Å². The maximum atomic E-state index is 12.7. The lowest BCUT2D eigenvalue weighted by atomic mass is 10.0. The highest BCUT2D eigenvalue weighted by Gasteiger charge is 2.24. The first-order valence-corrected chi connectivity index (χ1v) is 22.7. The van der Waals surface area contributed by atoms with E-state index in [-0.39, 0.29) is 37.6 Å². The molecule has 0 bridgehead atoms. The number of carbonyl (C=O) groups is 3. The second-order valence-corrected chi connectivity index (χ2v) is 15.8. The van der Waals surface area contributed by atoms with Gasteiger partial charge >= 0.3 is 17.9 Å². The van der Waals surface area contributed by atoms with Crippen LogP contribution in [0.2, 0.25) is 0 Å². The standard InChI is InChI=1S/C45H79NO8S/c1-3-5-7-9-11-13-15-17-18-19-20-22-24-26-28-30-35-44(51)53-37-39(36-47)54-45(52)40(46)38-55-42(41(48)32-31-34-43(49)50)33-29-27-25-23-21-16-14-12-10-8-6-4-2/h12,14,21,23,25,27,29,33,39-42,47-48H,3-11,13,15-20,22,24,26,28,30-32,34-38,46H2,1-2H3,(H,49,50)/b14-12-,23-21-,27-25+,33-29+/t39-,40-,41-,42+/m0/s1. The van der Waals surface area contributed by atoms with Crippen molar-refractivity contribution in [1.82, 2.24) is 0 Å². The number of nitrogens with two attached hydrogens (primary N) is 1. The van der Waals surface area contributed by atoms with Crippen molar-refractivity contribution in [3.8, 4) is 0 Å². The van der Waals surface area contributed by atoms with Crippen molar-refractivity contribution in [1.29, 1.82) is 0 Å². The maximum absolute atomic E-state index is 12.7. The predicted octanol–water partition coefficient (Wildman–Crippen LogP) is 10.3. The maximum Gasteiger partial charge on any atom is 0.324 e. The number of carbonyl (C=O) groups excluding carboxylic acids is 2. The number of unbranched alkanes of at least 4 members (excludes halogenated alkanes) is 18. The number of ether oxygens (including phenoxy) is 2. The van der Waals surface area contributed by atoms with Crippen LogP contribution < -0.4 is 5.73 Å². The minimum atomic E-state index is -1.05. The fourth-order valence-corrected chi connectivity index (χ4v) is 7.05. The van der Waals surface area contributed by atoms with Crippen molar-refractivity contribution in [2.24, 2.45) is 5.73 Å². The van der Waals surface area contributed by atoms with Crippen LogP contribution in [-0.4, -0.2) is 75.7 Å². The first-order valence-electron chi connectivity index (χ1n) is 21.6. The van der Waals surface area contributed by atoms with Gasteiger partial charge in [0, 0.05) is 23.8 Å². The minimum absolute atomic E-state index is 0.0472. The number of aliphatic carboxylic acids is 1. The van der Waals surface area contributed by atoms with Gasteiger partial charge in [0.25, 0.3) is 0 Å². The van der Waals surface area contributed by atoms with Gasteiger partial charge in [0.05, 0.1) is 12.7 Å². The molecule has 0 aliphatic rings. The van der Waals surface area contributed by atoms with E-state index in [1.807, 2.05) is 30.4 Å². The number of hydrogen-bond donors (Lipinski definition) is 4. The van der Waals surface area contributed by atoms with Crippen molar-refractivity contribution in [2.75, 3.05) is 19.0 Å². The zero-order valence-corrected chi connectivity index (χ0v) is 35.4. The number of thioether (sulfide) groups is 1. The van der Waals surface area contributed by atoms with Gasteiger partial charge in [-0.1, -0.05) is 172 Å². The SMILES string of the molecule is CCCCC/C=C\C\C=C/C=C/C=C/[C@@H](SC[C@H](N)C(=O)O[C@@H](CO)COC(=O)CCCCCCCCCCCCCCCCCC)[C@@H](O)CCCC(=O)O. The molecule has 0 amide bonds. The third-order valence-corrected chi connectivity index (χ3v) is 10.8. The van der Waals surface area contributed by atoms with Crippen LogP contribution in [0, 0.1) is 0 Å². The molecule has 0 rings (SSSR count). The molecule has 0 aliphatic heterocycles. The molecule has 10 heteroatoms. The average Bonchev–Trinajstić information content (AvgIpc) is 3.17. The Bertz CT molecular complexity index is 1050. The van der Waals surface area contributed by atoms with E-state index >= 15 is 0 Å². The van der Waals surface area contributed by atoms with E-state index in [1.165, 1.54) is 114 Å². The van der Waals surface area contributed by atoms with E-state index in [0.29, 0.717) is 6.42 Å². The number of aliphatic hydroxyl groups excluding tert-OH is 2. The lowest BCUT2D eigenvalue weighted by molar-refractivity contribution is -0.162. The third-order valence-electron chi connectivity index (χ3n) is 9.38. The number of rotatable bonds is 39. The lowest BCUT2D eigenvalue weighted by Gasteiger charge is -2.22. The molecule has 0 radical (unpaired) electrons. The van der Waals surface area contributed by atoms with E-state index < -0.39 is 42.0 Å². The van der Waals surface area contributed by atoms with Gasteiger partial charge in [-0.05, 0) is 38.5 Å². The highest BCUT2D eigenvalue weighted by molar-refractivity contribution is 8.00. The highest BCUT2D eigenvalue weighted by Crippen LogP contribution is 2.22. The molecule has 0 unspecified atom stereocenters. The second kappa shape index (κ2) is 39.8. The number of esters is 2. The van der Waals surface area contributed by atoms with E-state index in [0.717, 1.165) is 32.1 Å². The fraction of sp³-hybridized carbons (Fsp3) is 0.756. The van der Waals surface area contributed by atoms with Gasteiger partial charge in [-0.15, -0.1) is 11.8 Å². The summed E-state index contributed by atoms with van der Waals surface area (Å²) in [6.45, 7) is 3.69. The van der Waals surface area contributed by atoms with Crippen LogP contribution in [0.25, 0.3) is 0 Å². The summed E-state index contributed by atoms with van der Waals surface area (Å²) in [5, 5.41) is 29.1. The van der Waals surface area contributed by atoms with Crippen molar-refractivity contribution < 1.29 is 39.2 Å². The van der Waals surface area contributed by atoms with Crippen LogP contribution >= 0.6 is 11.8 Å². The van der Waals surface area contributed by atoms with Gasteiger partial charge in [-0.25, -0.2) is 0 Å². The molecule has 0 saturated carbocycles. The number of carboxylic acids is 1. The Balaban J connectivity index is 4.43. The molecular formula is C45H79NO8S. The van der Waals surface area contributed by atoms with Crippen LogP contribution in [0.1, 0.15) is 174 Å². The first-order chi connectivity index (χ1) is 26.7. The molecule has 318 valence electrons. The molecule has 55 heavy (non-hydrogen) atoms. The Morgan fingerprint density at radius 2 is 1.25 bits per heavy atom. The van der Waals surface area contributed by atoms with E-state index in [9.17, 15) is 24.6 Å². The summed E-state index contributed by atoms with van der Waals surface area (Å²) in [6.07, 6.45) is 40.5. The first kappa shape index (κ1) is 52.6. The number of allylic oxidation sites excluding steroid dienone is 7. The predicted molar refractivity (Wildman–Crippen MR) is 229 cm³/mol. The highest BCUT2D eigenvalue weighted by atomic mass is 32.2. The topological polar surface area (TPSA) is 156 Å². The summed E-state index contributed by atoms with van der Waals surface area (Å²) >= 11 is 1.27. The smallest absolute Gasteiger partial charge is 0.324 e. The molecule has 4 atom stereocenters. The van der Waals surface area contributed by atoms with Crippen LogP contribution in [0.5, 0.6) is 0 Å². The van der Waals surface area contributed by atoms with Crippen molar-refractivity contribution in [3.63, 3.8) is 0 Å². The van der Waals surface area contributed by atoms with Gasteiger partial charge in [0.1, 0.15) is 12.6 Å². The Hall–Kier alpha value is -2.40.